The molecule has 2 unspecified atom stereocenters. The van der Waals surface area contributed by atoms with Gasteiger partial charge in [-0.25, -0.2) is 0 Å². The van der Waals surface area contributed by atoms with E-state index in [9.17, 15) is 19.8 Å². The number of carbonyl (C=O) groups is 2. The second-order valence-electron chi connectivity index (χ2n) is 22.1. The van der Waals surface area contributed by atoms with Crippen LogP contribution in [0.5, 0.6) is 0 Å². The lowest BCUT2D eigenvalue weighted by molar-refractivity contribution is -0.143. The van der Waals surface area contributed by atoms with Crippen molar-refractivity contribution < 1.29 is 24.5 Å². The summed E-state index contributed by atoms with van der Waals surface area (Å²) in [7, 11) is 0. The van der Waals surface area contributed by atoms with E-state index in [1.807, 2.05) is 6.08 Å². The molecule has 0 aliphatic heterocycles. The number of ether oxygens (including phenoxy) is 1. The molecule has 2 atom stereocenters. The van der Waals surface area contributed by atoms with Gasteiger partial charge in [0.1, 0.15) is 0 Å². The highest BCUT2D eigenvalue weighted by molar-refractivity contribution is 5.76. The third-order valence-corrected chi connectivity index (χ3v) is 14.8. The third-order valence-electron chi connectivity index (χ3n) is 14.8. The number of esters is 1. The van der Waals surface area contributed by atoms with Crippen LogP contribution in [-0.4, -0.2) is 47.4 Å². The molecule has 0 aromatic heterocycles. The third kappa shape index (κ3) is 58.8. The first-order chi connectivity index (χ1) is 36.5. The summed E-state index contributed by atoms with van der Waals surface area (Å²) in [6, 6.07) is -0.639. The van der Waals surface area contributed by atoms with Crippen molar-refractivity contribution in [2.45, 2.75) is 347 Å². The number of hydrogen-bond donors (Lipinski definition) is 3. The zero-order valence-electron chi connectivity index (χ0n) is 49.3. The van der Waals surface area contributed by atoms with Crippen molar-refractivity contribution in [3.8, 4) is 0 Å². The number of aliphatic hydroxyl groups excluding tert-OH is 2. The van der Waals surface area contributed by atoms with Crippen LogP contribution in [0, 0.1) is 0 Å². The number of amides is 1. The molecule has 0 rings (SSSR count). The van der Waals surface area contributed by atoms with Gasteiger partial charge >= 0.3 is 5.97 Å². The first-order valence-electron chi connectivity index (χ1n) is 32.6. The van der Waals surface area contributed by atoms with Crippen molar-refractivity contribution in [3.63, 3.8) is 0 Å². The molecule has 0 saturated carbocycles. The van der Waals surface area contributed by atoms with Crippen LogP contribution in [0.15, 0.2) is 60.8 Å². The van der Waals surface area contributed by atoms with Crippen LogP contribution in [0.3, 0.4) is 0 Å². The van der Waals surface area contributed by atoms with Crippen LogP contribution in [-0.2, 0) is 14.3 Å². The molecule has 432 valence electrons. The summed E-state index contributed by atoms with van der Waals surface area (Å²) in [5, 5.41) is 23.2. The van der Waals surface area contributed by atoms with Crippen LogP contribution in [0.4, 0.5) is 0 Å². The SMILES string of the molecule is CCCCC/C=C\C/C=C\CCCCCCCC(=O)OCCCCC/C=C\C=C/CCCCCCCCCCCCC(=O)NC(CO)C(O)/C=C/CCCCCCCCCCCCCCCCCCCCCCC. The van der Waals surface area contributed by atoms with E-state index in [-0.39, 0.29) is 18.5 Å². The normalized spacial score (nSPS) is 13.0. The topological polar surface area (TPSA) is 95.9 Å². The van der Waals surface area contributed by atoms with Crippen LogP contribution < -0.4 is 5.32 Å². The highest BCUT2D eigenvalue weighted by Crippen LogP contribution is 2.17. The van der Waals surface area contributed by atoms with Crippen molar-refractivity contribution in [3.05, 3.63) is 60.8 Å². The molecule has 0 radical (unpaired) electrons. The molecule has 0 spiro atoms. The molecule has 3 N–H and O–H groups in total. The Balaban J connectivity index is 3.52. The molecular weight excluding hydrogens is 911 g/mol. The first kappa shape index (κ1) is 71.6. The van der Waals surface area contributed by atoms with Crippen molar-refractivity contribution in [2.24, 2.45) is 0 Å². The van der Waals surface area contributed by atoms with Crippen molar-refractivity contribution in [2.75, 3.05) is 13.2 Å². The maximum absolute atomic E-state index is 12.5. The van der Waals surface area contributed by atoms with Gasteiger partial charge in [0.2, 0.25) is 5.91 Å². The highest BCUT2D eigenvalue weighted by atomic mass is 16.5. The lowest BCUT2D eigenvalue weighted by atomic mass is 10.0. The van der Waals surface area contributed by atoms with Gasteiger partial charge in [0, 0.05) is 12.8 Å². The lowest BCUT2D eigenvalue weighted by Crippen LogP contribution is -2.45. The quantitative estimate of drug-likeness (QED) is 0.0244. The zero-order valence-corrected chi connectivity index (χ0v) is 49.3. The van der Waals surface area contributed by atoms with Crippen molar-refractivity contribution in [1.29, 1.82) is 0 Å². The summed E-state index contributed by atoms with van der Waals surface area (Å²) in [6.07, 6.45) is 82.7. The molecule has 0 fully saturated rings. The standard InChI is InChI=1S/C68H125NO5/c1-3-5-7-9-11-13-15-17-19-20-21-22-23-24-26-29-33-36-40-44-48-52-56-60-66(71)65(64-70)69-67(72)61-57-53-49-45-41-37-34-30-27-25-28-31-35-39-43-47-51-55-59-63-74-68(73)62-58-54-50-46-42-38-32-18-16-14-12-10-8-6-4-2/h12,14,18,31-32,35,39,43,56,60,65-66,70-71H,3-11,13,15-17,19-30,33-34,36-38,40-42,44-55,57-59,61-64H2,1-2H3,(H,69,72)/b14-12-,32-18-,35-31-,43-39-,60-56+. The van der Waals surface area contributed by atoms with Gasteiger partial charge in [0.15, 0.2) is 0 Å². The van der Waals surface area contributed by atoms with Crippen molar-refractivity contribution >= 4 is 11.9 Å². The highest BCUT2D eigenvalue weighted by Gasteiger charge is 2.18. The summed E-state index contributed by atoms with van der Waals surface area (Å²) >= 11 is 0. The second-order valence-corrected chi connectivity index (χ2v) is 22.1. The maximum Gasteiger partial charge on any atom is 0.305 e. The van der Waals surface area contributed by atoms with E-state index < -0.39 is 12.1 Å². The van der Waals surface area contributed by atoms with Crippen LogP contribution >= 0.6 is 0 Å². The van der Waals surface area contributed by atoms with Crippen molar-refractivity contribution in [1.82, 2.24) is 5.32 Å². The fourth-order valence-electron chi connectivity index (χ4n) is 9.77. The Morgan fingerprint density at radius 1 is 0.392 bits per heavy atom. The Hall–Kier alpha value is -2.44. The zero-order chi connectivity index (χ0) is 53.6. The molecule has 6 nitrogen and oxygen atoms in total. The molecule has 1 amide bonds. The molecule has 74 heavy (non-hydrogen) atoms. The van der Waals surface area contributed by atoms with Crippen LogP contribution in [0.25, 0.3) is 0 Å². The average molecular weight is 1040 g/mol. The van der Waals surface area contributed by atoms with Gasteiger partial charge in [-0.15, -0.1) is 0 Å². The number of rotatable bonds is 60. The maximum atomic E-state index is 12.5. The summed E-state index contributed by atoms with van der Waals surface area (Å²) in [5.41, 5.74) is 0. The Kier molecular flexibility index (Phi) is 61.0. The van der Waals surface area contributed by atoms with E-state index >= 15 is 0 Å². The largest absolute Gasteiger partial charge is 0.466 e. The number of aliphatic hydroxyl groups is 2. The number of hydrogen-bond acceptors (Lipinski definition) is 5. The molecule has 0 heterocycles. The molecular formula is C68H125NO5. The van der Waals surface area contributed by atoms with E-state index in [0.29, 0.717) is 19.4 Å². The van der Waals surface area contributed by atoms with E-state index in [1.165, 1.54) is 218 Å². The van der Waals surface area contributed by atoms with E-state index in [4.69, 9.17) is 4.74 Å². The Bertz CT molecular complexity index is 1290. The Labute approximate surface area is 460 Å². The minimum Gasteiger partial charge on any atom is -0.466 e. The van der Waals surface area contributed by atoms with Gasteiger partial charge in [-0.3, -0.25) is 9.59 Å². The van der Waals surface area contributed by atoms with E-state index in [2.05, 4.69) is 67.8 Å². The van der Waals surface area contributed by atoms with Crippen LogP contribution in [0.2, 0.25) is 0 Å². The Morgan fingerprint density at radius 3 is 1.14 bits per heavy atom. The summed E-state index contributed by atoms with van der Waals surface area (Å²) in [6.45, 7) is 4.84. The summed E-state index contributed by atoms with van der Waals surface area (Å²) in [5.74, 6) is -0.105. The predicted molar refractivity (Wildman–Crippen MR) is 324 cm³/mol. The summed E-state index contributed by atoms with van der Waals surface area (Å²) < 4.78 is 5.45. The average Bonchev–Trinajstić information content (AvgIpc) is 3.40. The molecule has 6 heteroatoms. The fraction of sp³-hybridized carbons (Fsp3) is 0.824. The molecule has 0 saturated heterocycles. The first-order valence-corrected chi connectivity index (χ1v) is 32.6. The number of unbranched alkanes of at least 4 members (excludes halogenated alkanes) is 42. The molecule has 0 aromatic carbocycles. The van der Waals surface area contributed by atoms with E-state index in [1.54, 1.807) is 6.08 Å². The smallest absolute Gasteiger partial charge is 0.305 e. The molecule has 0 aliphatic rings. The Morgan fingerprint density at radius 2 is 0.716 bits per heavy atom. The molecule has 0 aliphatic carbocycles. The van der Waals surface area contributed by atoms with Gasteiger partial charge in [0.25, 0.3) is 0 Å². The van der Waals surface area contributed by atoms with Gasteiger partial charge in [0.05, 0.1) is 25.4 Å². The lowest BCUT2D eigenvalue weighted by Gasteiger charge is -2.20. The number of carbonyl (C=O) groups excluding carboxylic acids is 2. The van der Waals surface area contributed by atoms with E-state index in [0.717, 1.165) is 89.9 Å². The summed E-state index contributed by atoms with van der Waals surface area (Å²) in [4.78, 5) is 24.6. The van der Waals surface area contributed by atoms with Crippen LogP contribution in [0.1, 0.15) is 335 Å². The molecule has 0 bridgehead atoms. The number of allylic oxidation sites excluding steroid dienone is 9. The minimum atomic E-state index is -0.854. The van der Waals surface area contributed by atoms with Gasteiger partial charge in [-0.05, 0) is 96.3 Å². The molecule has 0 aromatic rings. The number of nitrogens with one attached hydrogen (secondary N) is 1. The minimum absolute atomic E-state index is 0.0283. The van der Waals surface area contributed by atoms with Gasteiger partial charge < -0.3 is 20.3 Å². The van der Waals surface area contributed by atoms with Gasteiger partial charge in [-0.2, -0.15) is 0 Å². The fourth-order valence-corrected chi connectivity index (χ4v) is 9.77. The second kappa shape index (κ2) is 63.1. The van der Waals surface area contributed by atoms with Gasteiger partial charge in [-0.1, -0.05) is 286 Å². The monoisotopic (exact) mass is 1040 g/mol. The predicted octanol–water partition coefficient (Wildman–Crippen LogP) is 20.7.